The van der Waals surface area contributed by atoms with Gasteiger partial charge in [0.05, 0.1) is 4.90 Å². The van der Waals surface area contributed by atoms with Crippen molar-refractivity contribution in [3.63, 3.8) is 0 Å². The van der Waals surface area contributed by atoms with Gasteiger partial charge in [-0.15, -0.1) is 0 Å². The molecule has 2 N–H and O–H groups in total. The summed E-state index contributed by atoms with van der Waals surface area (Å²) in [6, 6.07) is 2.93. The topological polar surface area (TPSA) is 155 Å². The van der Waals surface area contributed by atoms with Crippen molar-refractivity contribution in [2.75, 3.05) is 0 Å². The molecule has 1 aliphatic rings. The van der Waals surface area contributed by atoms with Gasteiger partial charge in [-0.3, -0.25) is 0 Å². The molecule has 2 unspecified atom stereocenters. The van der Waals surface area contributed by atoms with E-state index in [0.29, 0.717) is 6.08 Å². The van der Waals surface area contributed by atoms with Gasteiger partial charge in [0.1, 0.15) is 26.3 Å². The van der Waals surface area contributed by atoms with Gasteiger partial charge in [0, 0.05) is 0 Å². The molecule has 0 aliphatic heterocycles. The van der Waals surface area contributed by atoms with E-state index in [9.17, 15) is 36.2 Å². The van der Waals surface area contributed by atoms with E-state index >= 15 is 0 Å². The normalized spacial score (nSPS) is 23.9. The number of aliphatic hydroxyl groups excluding tert-OH is 1. The van der Waals surface area contributed by atoms with Crippen LogP contribution >= 0.6 is 0 Å². The monoisotopic (exact) mass is 366 g/mol. The molecule has 0 aromatic heterocycles. The third kappa shape index (κ3) is 4.21. The Hall–Kier alpha value is 0.700. The quantitative estimate of drug-likeness (QED) is 0.386. The second-order valence-corrected chi connectivity index (χ2v) is 7.15. The van der Waals surface area contributed by atoms with Crippen molar-refractivity contribution in [2.24, 2.45) is 0 Å². The van der Waals surface area contributed by atoms with Gasteiger partial charge in [-0.25, -0.2) is 16.8 Å². The van der Waals surface area contributed by atoms with Crippen LogP contribution < -0.4 is 69.6 Å². The molecule has 1 aromatic carbocycles. The molecule has 2 atom stereocenters. The Labute approximate surface area is 170 Å². The van der Waals surface area contributed by atoms with Crippen molar-refractivity contribution in [3.05, 3.63) is 28.6 Å². The van der Waals surface area contributed by atoms with Crippen LogP contribution in [0.3, 0.4) is 0 Å². The Kier molecular flexibility index (Phi) is 7.53. The fourth-order valence-electron chi connectivity index (χ4n) is 1.80. The zero-order chi connectivity index (χ0) is 15.3. The molecule has 8 nitrogen and oxygen atoms in total. The molecule has 110 valence electrons. The van der Waals surface area contributed by atoms with Gasteiger partial charge in [0.15, 0.2) is 0 Å². The van der Waals surface area contributed by atoms with E-state index in [0.717, 1.165) is 24.3 Å². The van der Waals surface area contributed by atoms with Gasteiger partial charge >= 0.3 is 59.1 Å². The van der Waals surface area contributed by atoms with Gasteiger partial charge in [-0.1, -0.05) is 6.07 Å². The predicted molar refractivity (Wildman–Crippen MR) is 63.2 cm³/mol. The van der Waals surface area contributed by atoms with Crippen LogP contribution in [0.4, 0.5) is 0 Å². The molecule has 0 saturated heterocycles. The Balaban J connectivity index is 0.00000220. The van der Waals surface area contributed by atoms with Crippen LogP contribution in [0, 0.1) is 0 Å². The van der Waals surface area contributed by atoms with Crippen LogP contribution in [0.5, 0.6) is 0 Å². The Morgan fingerprint density at radius 2 is 1.59 bits per heavy atom. The fraction of sp³-hybridized carbons (Fsp3) is 0.200. The maximum Gasteiger partial charge on any atom is 1.00 e. The molecule has 0 bridgehead atoms. The van der Waals surface area contributed by atoms with Crippen molar-refractivity contribution in [2.45, 2.75) is 15.9 Å². The van der Waals surface area contributed by atoms with Crippen molar-refractivity contribution in [1.29, 1.82) is 0 Å². The number of aliphatic hydroxyl groups is 2. The first-order valence-corrected chi connectivity index (χ1v) is 7.93. The average Bonchev–Trinajstić information content (AvgIpc) is 2.27. The minimum atomic E-state index is -5.32. The van der Waals surface area contributed by atoms with E-state index in [1.807, 2.05) is 0 Å². The molecule has 0 amide bonds. The minimum absolute atomic E-state index is 0. The molecule has 12 heteroatoms. The Morgan fingerprint density at radius 1 is 1.05 bits per heavy atom. The van der Waals surface area contributed by atoms with E-state index in [-0.39, 0.29) is 69.6 Å². The van der Waals surface area contributed by atoms with Crippen molar-refractivity contribution < 1.29 is 95.3 Å². The number of fused-ring (bicyclic) bond motifs is 1. The molecule has 22 heavy (non-hydrogen) atoms. The molecule has 1 aliphatic carbocycles. The zero-order valence-electron chi connectivity index (χ0n) is 11.6. The minimum Gasteiger partial charge on any atom is -0.745 e. The molecule has 0 saturated carbocycles. The third-order valence-corrected chi connectivity index (χ3v) is 4.86. The molecular weight excluding hydrogens is 358 g/mol. The largest absolute Gasteiger partial charge is 1.00 e. The first-order chi connectivity index (χ1) is 8.95. The summed E-state index contributed by atoms with van der Waals surface area (Å²) in [5.74, 6) is 0. The first-order valence-electron chi connectivity index (χ1n) is 5.12. The van der Waals surface area contributed by atoms with Gasteiger partial charge < -0.3 is 19.3 Å². The van der Waals surface area contributed by atoms with E-state index in [2.05, 4.69) is 0 Å². The summed E-state index contributed by atoms with van der Waals surface area (Å²) in [5, 5.41) is 19.3. The van der Waals surface area contributed by atoms with Crippen molar-refractivity contribution >= 4 is 32.4 Å². The first kappa shape index (κ1) is 22.7. The second-order valence-electron chi connectivity index (χ2n) is 4.21. The smallest absolute Gasteiger partial charge is 0.745 e. The summed E-state index contributed by atoms with van der Waals surface area (Å²) in [4.78, 5) is -3.77. The molecule has 1 aromatic rings. The van der Waals surface area contributed by atoms with Gasteiger partial charge in [0.2, 0.25) is 4.93 Å². The van der Waals surface area contributed by atoms with E-state index < -0.39 is 36.2 Å². The molecular formula is C10H8Na2O8S2. The summed E-state index contributed by atoms with van der Waals surface area (Å²) in [7, 11) is -10.1. The number of hydrogen-bond donors (Lipinski definition) is 2. The van der Waals surface area contributed by atoms with Crippen LogP contribution in [0.25, 0.3) is 12.2 Å². The van der Waals surface area contributed by atoms with Crippen LogP contribution in [-0.2, 0) is 20.2 Å². The summed E-state index contributed by atoms with van der Waals surface area (Å²) >= 11 is 0. The molecule has 2 rings (SSSR count). The Morgan fingerprint density at radius 3 is 2.05 bits per heavy atom. The van der Waals surface area contributed by atoms with E-state index in [1.54, 1.807) is 0 Å². The maximum atomic E-state index is 11.0. The maximum absolute atomic E-state index is 11.0. The van der Waals surface area contributed by atoms with Crippen LogP contribution in [0.1, 0.15) is 0 Å². The molecule has 0 radical (unpaired) electrons. The predicted octanol–water partition coefficient (Wildman–Crippen LogP) is -9.23. The molecule has 0 heterocycles. The van der Waals surface area contributed by atoms with Crippen LogP contribution in [0.2, 0.25) is 0 Å². The number of benzene rings is 1. The Bertz CT molecular complexity index is 893. The number of hydrogen-bond acceptors (Lipinski definition) is 8. The third-order valence-electron chi connectivity index (χ3n) is 2.87. The average molecular weight is 366 g/mol. The van der Waals surface area contributed by atoms with Gasteiger partial charge in [0.25, 0.3) is 0 Å². The molecule has 0 spiro atoms. The van der Waals surface area contributed by atoms with E-state index in [1.165, 1.54) is 0 Å². The summed E-state index contributed by atoms with van der Waals surface area (Å²) in [5.41, 5.74) is 0. The van der Waals surface area contributed by atoms with Crippen LogP contribution in [-0.4, -0.2) is 47.2 Å². The number of rotatable bonds is 2. The zero-order valence-corrected chi connectivity index (χ0v) is 17.3. The SMILES string of the molecule is O=S(=O)([O-])c1ccc2c(c1)=CC(O)(S(=O)(=O)[O-])C(O)C=2.[Na+].[Na+]. The van der Waals surface area contributed by atoms with Crippen molar-refractivity contribution in [3.8, 4) is 0 Å². The second kappa shape index (κ2) is 7.30. The van der Waals surface area contributed by atoms with Crippen LogP contribution in [0.15, 0.2) is 23.1 Å². The van der Waals surface area contributed by atoms with Gasteiger partial charge in [-0.05, 0) is 34.7 Å². The summed E-state index contributed by atoms with van der Waals surface area (Å²) < 4.78 is 65.6. The van der Waals surface area contributed by atoms with Crippen molar-refractivity contribution in [1.82, 2.24) is 0 Å². The van der Waals surface area contributed by atoms with E-state index in [4.69, 9.17) is 0 Å². The van der Waals surface area contributed by atoms with Gasteiger partial charge in [-0.2, -0.15) is 0 Å². The molecule has 0 fully saturated rings. The fourth-order valence-corrected chi connectivity index (χ4v) is 2.94. The summed E-state index contributed by atoms with van der Waals surface area (Å²) in [6.07, 6.45) is -0.608. The summed E-state index contributed by atoms with van der Waals surface area (Å²) in [6.45, 7) is 0. The standard InChI is InChI=1S/C10H10O8S2.2Na/c11-9-4-6-1-2-8(19(13,14)15)3-7(6)5-10(9,12)20(16,17)18;;/h1-5,9,11-12H,(H,13,14,15)(H,16,17,18);;/q;2*+1/p-2.